The number of aryl methyl sites for hydroxylation is 1. The molecule has 0 spiro atoms. The first kappa shape index (κ1) is 28.7. The predicted octanol–water partition coefficient (Wildman–Crippen LogP) is 5.22. The summed E-state index contributed by atoms with van der Waals surface area (Å²) in [6.07, 6.45) is 4.53. The Balaban J connectivity index is 1.45. The lowest BCUT2D eigenvalue weighted by molar-refractivity contribution is -0.136. The summed E-state index contributed by atoms with van der Waals surface area (Å²) in [4.78, 5) is 53.5. The van der Waals surface area contributed by atoms with Gasteiger partial charge in [-0.2, -0.15) is 0 Å². The molecule has 0 atom stereocenters. The highest BCUT2D eigenvalue weighted by Crippen LogP contribution is 2.39. The Morgan fingerprint density at radius 2 is 1.87 bits per heavy atom. The molecule has 39 heavy (non-hydrogen) atoms. The predicted molar refractivity (Wildman–Crippen MR) is 154 cm³/mol. The van der Waals surface area contributed by atoms with Gasteiger partial charge in [0, 0.05) is 18.8 Å². The Morgan fingerprint density at radius 3 is 2.59 bits per heavy atom. The van der Waals surface area contributed by atoms with E-state index >= 15 is 0 Å². The van der Waals surface area contributed by atoms with E-state index in [2.05, 4.69) is 21.2 Å². The molecule has 0 aliphatic carbocycles. The van der Waals surface area contributed by atoms with Crippen LogP contribution < -0.4 is 14.8 Å². The quantitative estimate of drug-likeness (QED) is 0.385. The van der Waals surface area contributed by atoms with E-state index in [1.54, 1.807) is 29.2 Å². The molecule has 0 aromatic heterocycles. The Hall–Kier alpha value is -3.31. The molecule has 4 rings (SSSR count). The summed E-state index contributed by atoms with van der Waals surface area (Å²) < 4.78 is 12.0. The van der Waals surface area contributed by atoms with E-state index < -0.39 is 11.1 Å². The number of likely N-dealkylation sites (tertiary alicyclic amines) is 1. The number of benzene rings is 2. The van der Waals surface area contributed by atoms with Gasteiger partial charge in [0.25, 0.3) is 17.1 Å². The van der Waals surface area contributed by atoms with Gasteiger partial charge in [0.2, 0.25) is 5.91 Å². The van der Waals surface area contributed by atoms with Crippen molar-refractivity contribution in [3.8, 4) is 11.5 Å². The molecule has 2 aliphatic rings. The molecule has 1 N–H and O–H groups in total. The van der Waals surface area contributed by atoms with E-state index in [4.69, 9.17) is 9.47 Å². The minimum atomic E-state index is -0.502. The molecular formula is C28H30BrN3O6S. The fourth-order valence-electron chi connectivity index (χ4n) is 4.30. The van der Waals surface area contributed by atoms with Gasteiger partial charge in [-0.1, -0.05) is 12.1 Å². The lowest BCUT2D eigenvalue weighted by atomic mass is 10.1. The monoisotopic (exact) mass is 615 g/mol. The standard InChI is InChI=1S/C28H30BrN3O6S/c1-3-37-22-14-19(13-21(29)26(22)38-17-24(33)30-20-9-7-8-18(2)12-20)15-23-27(35)32(28(36)39-23)16-25(34)31-10-5-4-6-11-31/h7-9,12-15H,3-6,10-11,16-17H2,1-2H3,(H,30,33)/b23-15-. The third-order valence-corrected chi connectivity index (χ3v) is 7.65. The van der Waals surface area contributed by atoms with Crippen molar-refractivity contribution in [1.82, 2.24) is 9.80 Å². The average Bonchev–Trinajstić information content (AvgIpc) is 3.16. The Morgan fingerprint density at radius 1 is 1.10 bits per heavy atom. The van der Waals surface area contributed by atoms with Crippen molar-refractivity contribution in [2.75, 3.05) is 38.2 Å². The fraction of sp³-hybridized carbons (Fsp3) is 0.357. The van der Waals surface area contributed by atoms with Gasteiger partial charge in [0.1, 0.15) is 6.54 Å². The van der Waals surface area contributed by atoms with E-state index in [0.717, 1.165) is 41.5 Å². The van der Waals surface area contributed by atoms with Crippen LogP contribution in [0.3, 0.4) is 0 Å². The summed E-state index contributed by atoms with van der Waals surface area (Å²) in [5.41, 5.74) is 2.29. The summed E-state index contributed by atoms with van der Waals surface area (Å²) in [6.45, 7) is 4.91. The zero-order chi connectivity index (χ0) is 27.9. The van der Waals surface area contributed by atoms with Crippen molar-refractivity contribution >= 4 is 62.4 Å². The number of halogens is 1. The molecule has 9 nitrogen and oxygen atoms in total. The van der Waals surface area contributed by atoms with Crippen molar-refractivity contribution in [2.45, 2.75) is 33.1 Å². The molecule has 206 valence electrons. The first-order chi connectivity index (χ1) is 18.7. The molecule has 0 radical (unpaired) electrons. The van der Waals surface area contributed by atoms with Crippen LogP contribution in [0.1, 0.15) is 37.3 Å². The second kappa shape index (κ2) is 13.2. The molecule has 2 aliphatic heterocycles. The molecule has 0 saturated carbocycles. The van der Waals surface area contributed by atoms with Crippen LogP contribution in [0, 0.1) is 6.92 Å². The third kappa shape index (κ3) is 7.42. The van der Waals surface area contributed by atoms with Crippen LogP contribution in [-0.4, -0.2) is 65.6 Å². The van der Waals surface area contributed by atoms with Crippen LogP contribution >= 0.6 is 27.7 Å². The molecule has 0 unspecified atom stereocenters. The second-order valence-corrected chi connectivity index (χ2v) is 11.0. The maximum absolute atomic E-state index is 13.0. The largest absolute Gasteiger partial charge is 0.490 e. The topological polar surface area (TPSA) is 105 Å². The summed E-state index contributed by atoms with van der Waals surface area (Å²) >= 11 is 4.27. The van der Waals surface area contributed by atoms with Crippen LogP contribution in [0.15, 0.2) is 45.8 Å². The van der Waals surface area contributed by atoms with Crippen molar-refractivity contribution < 1.29 is 28.7 Å². The lowest BCUT2D eigenvalue weighted by Crippen LogP contribution is -2.44. The molecular weight excluding hydrogens is 586 g/mol. The van der Waals surface area contributed by atoms with E-state index in [9.17, 15) is 19.2 Å². The Bertz CT molecular complexity index is 1310. The molecule has 11 heteroatoms. The number of hydrogen-bond donors (Lipinski definition) is 1. The zero-order valence-electron chi connectivity index (χ0n) is 21.8. The van der Waals surface area contributed by atoms with E-state index in [0.29, 0.717) is 46.9 Å². The number of hydrogen-bond acceptors (Lipinski definition) is 7. The minimum Gasteiger partial charge on any atom is -0.490 e. The van der Waals surface area contributed by atoms with Crippen LogP contribution in [0.4, 0.5) is 10.5 Å². The number of carbonyl (C=O) groups excluding carboxylic acids is 4. The first-order valence-corrected chi connectivity index (χ1v) is 14.3. The van der Waals surface area contributed by atoms with E-state index in [1.165, 1.54) is 0 Å². The highest BCUT2D eigenvalue weighted by molar-refractivity contribution is 9.10. The first-order valence-electron chi connectivity index (χ1n) is 12.7. The molecule has 2 aromatic carbocycles. The van der Waals surface area contributed by atoms with Gasteiger partial charge in [-0.25, -0.2) is 0 Å². The smallest absolute Gasteiger partial charge is 0.294 e. The molecule has 4 amide bonds. The average molecular weight is 617 g/mol. The maximum atomic E-state index is 13.0. The third-order valence-electron chi connectivity index (χ3n) is 6.15. The number of carbonyl (C=O) groups is 4. The second-order valence-electron chi connectivity index (χ2n) is 9.18. The number of ether oxygens (including phenoxy) is 2. The maximum Gasteiger partial charge on any atom is 0.294 e. The Kier molecular flexibility index (Phi) is 9.68. The number of nitrogens with zero attached hydrogens (tertiary/aromatic N) is 2. The zero-order valence-corrected chi connectivity index (χ0v) is 24.2. The van der Waals surface area contributed by atoms with Gasteiger partial charge in [0.05, 0.1) is 16.0 Å². The Labute approximate surface area is 240 Å². The summed E-state index contributed by atoms with van der Waals surface area (Å²) in [5, 5.41) is 2.33. The number of nitrogens with one attached hydrogen (secondary N) is 1. The van der Waals surface area contributed by atoms with Gasteiger partial charge in [-0.15, -0.1) is 0 Å². The number of amides is 4. The highest BCUT2D eigenvalue weighted by atomic mass is 79.9. The van der Waals surface area contributed by atoms with Crippen molar-refractivity contribution in [1.29, 1.82) is 0 Å². The van der Waals surface area contributed by atoms with Crippen molar-refractivity contribution in [3.63, 3.8) is 0 Å². The summed E-state index contributed by atoms with van der Waals surface area (Å²) in [6, 6.07) is 10.8. The minimum absolute atomic E-state index is 0.215. The van der Waals surface area contributed by atoms with E-state index in [1.807, 2.05) is 32.0 Å². The van der Waals surface area contributed by atoms with E-state index in [-0.39, 0.29) is 29.9 Å². The number of anilines is 1. The lowest BCUT2D eigenvalue weighted by Gasteiger charge is -2.27. The summed E-state index contributed by atoms with van der Waals surface area (Å²) in [7, 11) is 0. The van der Waals surface area contributed by atoms with Crippen LogP contribution in [0.5, 0.6) is 11.5 Å². The van der Waals surface area contributed by atoms with Crippen LogP contribution in [0.2, 0.25) is 0 Å². The number of piperidine rings is 1. The number of thioether (sulfide) groups is 1. The molecule has 2 saturated heterocycles. The van der Waals surface area contributed by atoms with Crippen molar-refractivity contribution in [2.24, 2.45) is 0 Å². The van der Waals surface area contributed by atoms with Gasteiger partial charge in [0.15, 0.2) is 18.1 Å². The van der Waals surface area contributed by atoms with Gasteiger partial charge >= 0.3 is 0 Å². The molecule has 0 bridgehead atoms. The van der Waals surface area contributed by atoms with Gasteiger partial charge in [-0.05, 0) is 102 Å². The fourth-order valence-corrected chi connectivity index (χ4v) is 5.71. The summed E-state index contributed by atoms with van der Waals surface area (Å²) in [5.74, 6) is -0.327. The highest BCUT2D eigenvalue weighted by Gasteiger charge is 2.37. The number of imide groups is 1. The number of rotatable bonds is 9. The normalized spacial score (nSPS) is 16.5. The van der Waals surface area contributed by atoms with Crippen molar-refractivity contribution in [3.05, 3.63) is 56.9 Å². The molecule has 2 aromatic rings. The molecule has 2 fully saturated rings. The van der Waals surface area contributed by atoms with Crippen LogP contribution in [0.25, 0.3) is 6.08 Å². The SMILES string of the molecule is CCOc1cc(/C=C2\SC(=O)N(CC(=O)N3CCCCC3)C2=O)cc(Br)c1OCC(=O)Nc1cccc(C)c1. The van der Waals surface area contributed by atoms with Crippen LogP contribution in [-0.2, 0) is 14.4 Å². The molecule has 2 heterocycles. The van der Waals surface area contributed by atoms with Gasteiger partial charge in [-0.3, -0.25) is 24.1 Å². The van der Waals surface area contributed by atoms with Gasteiger partial charge < -0.3 is 19.7 Å².